The van der Waals surface area contributed by atoms with Crippen molar-refractivity contribution in [2.75, 3.05) is 19.7 Å². The Morgan fingerprint density at radius 3 is 2.55 bits per heavy atom. The van der Waals surface area contributed by atoms with Crippen molar-refractivity contribution in [3.8, 4) is 5.88 Å². The maximum atomic E-state index is 12.4. The number of rotatable bonds is 3. The summed E-state index contributed by atoms with van der Waals surface area (Å²) in [5.41, 5.74) is -0.869. The number of pyridine rings is 1. The summed E-state index contributed by atoms with van der Waals surface area (Å²) >= 11 is 5.75. The van der Waals surface area contributed by atoms with Gasteiger partial charge in [0.1, 0.15) is 5.02 Å². The number of hydrogen-bond donors (Lipinski definition) is 1. The SMILES string of the molecule is Cl.FC(F)(F)c1cnc(OCC2CCNCC2)c(Cl)c1. The fourth-order valence-electron chi connectivity index (χ4n) is 1.93. The molecule has 0 saturated carbocycles. The van der Waals surface area contributed by atoms with E-state index in [-0.39, 0.29) is 23.3 Å². The van der Waals surface area contributed by atoms with Crippen LogP contribution >= 0.6 is 24.0 Å². The molecule has 0 atom stereocenters. The molecular weight excluding hydrogens is 316 g/mol. The number of halogens is 5. The van der Waals surface area contributed by atoms with Crippen molar-refractivity contribution in [3.63, 3.8) is 0 Å². The van der Waals surface area contributed by atoms with Crippen molar-refractivity contribution in [1.29, 1.82) is 0 Å². The standard InChI is InChI=1S/C12H14ClF3N2O.ClH/c13-10-5-9(12(14,15)16)6-18-11(10)19-7-8-1-3-17-4-2-8;/h5-6,8,17H,1-4,7H2;1H. The van der Waals surface area contributed by atoms with Crippen LogP contribution in [-0.4, -0.2) is 24.7 Å². The molecular formula is C12H15Cl2F3N2O. The Bertz CT molecular complexity index is 437. The average molecular weight is 331 g/mol. The Morgan fingerprint density at radius 2 is 2.00 bits per heavy atom. The van der Waals surface area contributed by atoms with E-state index in [0.29, 0.717) is 12.5 Å². The first-order valence-corrected chi connectivity index (χ1v) is 6.41. The van der Waals surface area contributed by atoms with E-state index in [9.17, 15) is 13.2 Å². The summed E-state index contributed by atoms with van der Waals surface area (Å²) in [4.78, 5) is 3.64. The summed E-state index contributed by atoms with van der Waals surface area (Å²) in [7, 11) is 0. The summed E-state index contributed by atoms with van der Waals surface area (Å²) in [6, 6.07) is 0.840. The van der Waals surface area contributed by atoms with Crippen LogP contribution in [0.4, 0.5) is 13.2 Å². The van der Waals surface area contributed by atoms with E-state index in [0.717, 1.165) is 38.2 Å². The highest BCUT2D eigenvalue weighted by Gasteiger charge is 2.31. The number of ether oxygens (including phenoxy) is 1. The summed E-state index contributed by atoms with van der Waals surface area (Å²) in [5, 5.41) is 3.12. The highest BCUT2D eigenvalue weighted by Crippen LogP contribution is 2.33. The highest BCUT2D eigenvalue weighted by molar-refractivity contribution is 6.31. The molecule has 2 heterocycles. The Labute approximate surface area is 126 Å². The fourth-order valence-corrected chi connectivity index (χ4v) is 2.15. The van der Waals surface area contributed by atoms with Crippen molar-refractivity contribution in [2.24, 2.45) is 5.92 Å². The minimum absolute atomic E-state index is 0. The molecule has 0 unspecified atom stereocenters. The van der Waals surface area contributed by atoms with Gasteiger partial charge in [-0.1, -0.05) is 11.6 Å². The van der Waals surface area contributed by atoms with E-state index in [1.165, 1.54) is 0 Å². The van der Waals surface area contributed by atoms with E-state index in [4.69, 9.17) is 16.3 Å². The van der Waals surface area contributed by atoms with Crippen LogP contribution in [0.3, 0.4) is 0 Å². The molecule has 114 valence electrons. The van der Waals surface area contributed by atoms with E-state index in [1.54, 1.807) is 0 Å². The predicted molar refractivity (Wildman–Crippen MR) is 72.6 cm³/mol. The van der Waals surface area contributed by atoms with Crippen LogP contribution < -0.4 is 10.1 Å². The van der Waals surface area contributed by atoms with Gasteiger partial charge in [0, 0.05) is 6.20 Å². The number of nitrogens with one attached hydrogen (secondary N) is 1. The van der Waals surface area contributed by atoms with Gasteiger partial charge >= 0.3 is 6.18 Å². The van der Waals surface area contributed by atoms with E-state index in [1.807, 2.05) is 0 Å². The quantitative estimate of drug-likeness (QED) is 0.920. The summed E-state index contributed by atoms with van der Waals surface area (Å²) < 4.78 is 42.7. The third-order valence-corrected chi connectivity index (χ3v) is 3.32. The lowest BCUT2D eigenvalue weighted by atomic mass is 9.99. The zero-order valence-corrected chi connectivity index (χ0v) is 12.1. The lowest BCUT2D eigenvalue weighted by molar-refractivity contribution is -0.137. The molecule has 0 aromatic carbocycles. The van der Waals surface area contributed by atoms with Crippen LogP contribution in [0.15, 0.2) is 12.3 Å². The van der Waals surface area contributed by atoms with Crippen LogP contribution in [-0.2, 0) is 6.18 Å². The molecule has 1 fully saturated rings. The van der Waals surface area contributed by atoms with Crippen LogP contribution in [0.5, 0.6) is 5.88 Å². The van der Waals surface area contributed by atoms with Crippen molar-refractivity contribution >= 4 is 24.0 Å². The van der Waals surface area contributed by atoms with Crippen LogP contribution in [0.25, 0.3) is 0 Å². The van der Waals surface area contributed by atoms with Gasteiger partial charge in [-0.3, -0.25) is 0 Å². The molecule has 1 aliphatic rings. The van der Waals surface area contributed by atoms with Gasteiger partial charge in [0.2, 0.25) is 5.88 Å². The first-order valence-electron chi connectivity index (χ1n) is 6.03. The molecule has 20 heavy (non-hydrogen) atoms. The first-order chi connectivity index (χ1) is 8.97. The second-order valence-electron chi connectivity index (χ2n) is 4.51. The van der Waals surface area contributed by atoms with E-state index in [2.05, 4.69) is 10.3 Å². The normalized spacial score (nSPS) is 16.6. The Balaban J connectivity index is 0.00000200. The maximum Gasteiger partial charge on any atom is 0.417 e. The van der Waals surface area contributed by atoms with Crippen molar-refractivity contribution in [3.05, 3.63) is 22.8 Å². The number of aromatic nitrogens is 1. The van der Waals surface area contributed by atoms with Crippen LogP contribution in [0.1, 0.15) is 18.4 Å². The lowest BCUT2D eigenvalue weighted by Gasteiger charge is -2.22. The largest absolute Gasteiger partial charge is 0.476 e. The van der Waals surface area contributed by atoms with Crippen molar-refractivity contribution in [2.45, 2.75) is 19.0 Å². The Morgan fingerprint density at radius 1 is 1.35 bits per heavy atom. The van der Waals surface area contributed by atoms with Gasteiger partial charge in [0.25, 0.3) is 0 Å². The molecule has 1 aromatic heterocycles. The monoisotopic (exact) mass is 330 g/mol. The molecule has 1 aliphatic heterocycles. The highest BCUT2D eigenvalue weighted by atomic mass is 35.5. The van der Waals surface area contributed by atoms with Gasteiger partial charge in [-0.15, -0.1) is 12.4 Å². The third-order valence-electron chi connectivity index (χ3n) is 3.05. The second-order valence-corrected chi connectivity index (χ2v) is 4.92. The molecule has 1 aromatic rings. The van der Waals surface area contributed by atoms with Gasteiger partial charge < -0.3 is 10.1 Å². The molecule has 0 radical (unpaired) electrons. The molecule has 8 heteroatoms. The van der Waals surface area contributed by atoms with Crippen LogP contribution in [0, 0.1) is 5.92 Å². The zero-order chi connectivity index (χ0) is 13.9. The lowest BCUT2D eigenvalue weighted by Crippen LogP contribution is -2.30. The van der Waals surface area contributed by atoms with Gasteiger partial charge in [-0.25, -0.2) is 4.98 Å². The molecule has 3 nitrogen and oxygen atoms in total. The smallest absolute Gasteiger partial charge is 0.417 e. The Hall–Kier alpha value is -0.720. The number of piperidine rings is 1. The van der Waals surface area contributed by atoms with Crippen LogP contribution in [0.2, 0.25) is 5.02 Å². The summed E-state index contributed by atoms with van der Waals surface area (Å²) in [6.45, 7) is 2.30. The number of hydrogen-bond acceptors (Lipinski definition) is 3. The molecule has 0 aliphatic carbocycles. The second kappa shape index (κ2) is 7.33. The van der Waals surface area contributed by atoms with E-state index >= 15 is 0 Å². The Kier molecular flexibility index (Phi) is 6.36. The topological polar surface area (TPSA) is 34.1 Å². The van der Waals surface area contributed by atoms with Crippen molar-refractivity contribution in [1.82, 2.24) is 10.3 Å². The summed E-state index contributed by atoms with van der Waals surface area (Å²) in [5.74, 6) is 0.453. The molecule has 0 bridgehead atoms. The average Bonchev–Trinajstić information content (AvgIpc) is 2.37. The van der Waals surface area contributed by atoms with Gasteiger partial charge in [-0.2, -0.15) is 13.2 Å². The van der Waals surface area contributed by atoms with Crippen molar-refractivity contribution < 1.29 is 17.9 Å². The number of nitrogens with zero attached hydrogens (tertiary/aromatic N) is 1. The van der Waals surface area contributed by atoms with Gasteiger partial charge in [-0.05, 0) is 37.9 Å². The maximum absolute atomic E-state index is 12.4. The molecule has 2 rings (SSSR count). The fraction of sp³-hybridized carbons (Fsp3) is 0.583. The minimum atomic E-state index is -4.44. The van der Waals surface area contributed by atoms with E-state index < -0.39 is 11.7 Å². The van der Waals surface area contributed by atoms with Gasteiger partial charge in [0.05, 0.1) is 12.2 Å². The minimum Gasteiger partial charge on any atom is -0.476 e. The zero-order valence-electron chi connectivity index (χ0n) is 10.5. The first kappa shape index (κ1) is 17.3. The number of alkyl halides is 3. The predicted octanol–water partition coefficient (Wildman–Crippen LogP) is 3.55. The molecule has 1 saturated heterocycles. The van der Waals surface area contributed by atoms with Gasteiger partial charge in [0.15, 0.2) is 0 Å². The third kappa shape index (κ3) is 4.68. The molecule has 1 N–H and O–H groups in total. The molecule has 0 spiro atoms. The summed E-state index contributed by atoms with van der Waals surface area (Å²) in [6.07, 6.45) is -1.73. The molecule has 0 amide bonds.